The largest absolute Gasteiger partial charge is 0.465 e. The third-order valence-corrected chi connectivity index (χ3v) is 13.1. The number of ether oxygens (including phenoxy) is 1. The van der Waals surface area contributed by atoms with Crippen molar-refractivity contribution in [3.63, 3.8) is 0 Å². The number of para-hydroxylation sites is 1. The maximum atomic E-state index is 12.8. The summed E-state index contributed by atoms with van der Waals surface area (Å²) in [7, 11) is 0. The number of benzene rings is 4. The molecule has 0 aliphatic carbocycles. The summed E-state index contributed by atoms with van der Waals surface area (Å²) in [6, 6.07) is 43.4. The van der Waals surface area contributed by atoms with E-state index in [1.165, 1.54) is 12.1 Å². The predicted octanol–water partition coefficient (Wildman–Crippen LogP) is 7.78. The van der Waals surface area contributed by atoms with Crippen LogP contribution in [0.3, 0.4) is 0 Å². The van der Waals surface area contributed by atoms with Gasteiger partial charge in [0, 0.05) is 31.9 Å². The number of primary amides is 1. The van der Waals surface area contributed by atoms with Crippen molar-refractivity contribution < 1.29 is 14.3 Å². The van der Waals surface area contributed by atoms with Gasteiger partial charge in [-0.2, -0.15) is 5.26 Å². The van der Waals surface area contributed by atoms with Gasteiger partial charge in [-0.15, -0.1) is 0 Å². The zero-order valence-corrected chi connectivity index (χ0v) is 35.1. The number of amides is 1. The van der Waals surface area contributed by atoms with E-state index in [1.54, 1.807) is 0 Å². The molecule has 3 fully saturated rings. The maximum absolute atomic E-state index is 12.8. The predicted molar refractivity (Wildman–Crippen MR) is 237 cm³/mol. The minimum atomic E-state index is -0.687. The van der Waals surface area contributed by atoms with Crippen LogP contribution in [0, 0.1) is 11.3 Å². The van der Waals surface area contributed by atoms with Gasteiger partial charge in [0.05, 0.1) is 18.1 Å². The van der Waals surface area contributed by atoms with Gasteiger partial charge >= 0.3 is 5.97 Å². The van der Waals surface area contributed by atoms with Gasteiger partial charge in [0.1, 0.15) is 11.0 Å². The normalized spacial score (nSPS) is 18.4. The van der Waals surface area contributed by atoms with Crippen molar-refractivity contribution in [2.24, 2.45) is 5.73 Å². The van der Waals surface area contributed by atoms with Crippen molar-refractivity contribution in [2.75, 3.05) is 70.8 Å². The Hall–Kier alpha value is -5.01. The molecule has 4 aromatic carbocycles. The van der Waals surface area contributed by atoms with E-state index in [0.717, 1.165) is 121 Å². The van der Waals surface area contributed by atoms with Crippen molar-refractivity contribution in [2.45, 2.75) is 81.1 Å². The average molecular weight is 797 g/mol. The Morgan fingerprint density at radius 2 is 1.22 bits per heavy atom. The molecular formula is C50H64N6O3. The van der Waals surface area contributed by atoms with Gasteiger partial charge < -0.3 is 25.6 Å². The maximum Gasteiger partial charge on any atom is 0.316 e. The summed E-state index contributed by atoms with van der Waals surface area (Å²) in [5.41, 5.74) is 8.60. The Labute approximate surface area is 352 Å². The highest BCUT2D eigenvalue weighted by molar-refractivity contribution is 5.85. The van der Waals surface area contributed by atoms with Gasteiger partial charge in [-0.05, 0) is 120 Å². The number of nitriles is 1. The van der Waals surface area contributed by atoms with Crippen molar-refractivity contribution in [1.82, 2.24) is 14.7 Å². The number of likely N-dealkylation sites (tertiary alicyclic amines) is 3. The molecule has 9 heteroatoms. The molecule has 0 bridgehead atoms. The molecule has 0 atom stereocenters. The van der Waals surface area contributed by atoms with Gasteiger partial charge in [-0.1, -0.05) is 116 Å². The lowest BCUT2D eigenvalue weighted by Crippen LogP contribution is -2.63. The number of hydrogen-bond acceptors (Lipinski definition) is 8. The highest BCUT2D eigenvalue weighted by atomic mass is 16.5. The summed E-state index contributed by atoms with van der Waals surface area (Å²) in [5, 5.41) is 13.9. The third kappa shape index (κ3) is 10.6. The number of rotatable bonds is 15. The Kier molecular flexibility index (Phi) is 15.7. The molecule has 3 aliphatic rings. The first-order chi connectivity index (χ1) is 28.8. The van der Waals surface area contributed by atoms with Crippen molar-refractivity contribution in [1.29, 1.82) is 5.26 Å². The quantitative estimate of drug-likeness (QED) is 0.0927. The Morgan fingerprint density at radius 3 is 1.75 bits per heavy atom. The monoisotopic (exact) mass is 797 g/mol. The lowest BCUT2D eigenvalue weighted by Gasteiger charge is -2.48. The molecule has 3 N–H and O–H groups in total. The van der Waals surface area contributed by atoms with E-state index in [4.69, 9.17) is 10.5 Å². The zero-order chi connectivity index (χ0) is 41.4. The smallest absolute Gasteiger partial charge is 0.316 e. The first-order valence-corrected chi connectivity index (χ1v) is 21.9. The van der Waals surface area contributed by atoms with Gasteiger partial charge in [-0.3, -0.25) is 14.5 Å². The molecular weight excluding hydrogens is 733 g/mol. The summed E-state index contributed by atoms with van der Waals surface area (Å²) < 4.78 is 5.45. The van der Waals surface area contributed by atoms with E-state index in [9.17, 15) is 14.9 Å². The van der Waals surface area contributed by atoms with E-state index in [1.807, 2.05) is 79.7 Å². The molecule has 4 aromatic rings. The minimum absolute atomic E-state index is 0.0680. The number of nitrogens with two attached hydrogens (primary N) is 1. The number of carbonyl (C=O) groups is 2. The van der Waals surface area contributed by atoms with Crippen molar-refractivity contribution >= 4 is 17.6 Å². The fourth-order valence-electron chi connectivity index (χ4n) is 9.49. The Bertz CT molecular complexity index is 1860. The fourth-order valence-corrected chi connectivity index (χ4v) is 9.49. The molecule has 59 heavy (non-hydrogen) atoms. The molecule has 0 aromatic heterocycles. The summed E-state index contributed by atoms with van der Waals surface area (Å²) in [6.07, 6.45) is 8.54. The lowest BCUT2D eigenvalue weighted by molar-refractivity contribution is -0.152. The topological polar surface area (TPSA) is 115 Å². The van der Waals surface area contributed by atoms with Crippen LogP contribution in [-0.4, -0.2) is 97.6 Å². The van der Waals surface area contributed by atoms with Crippen LogP contribution in [0.5, 0.6) is 0 Å². The van der Waals surface area contributed by atoms with Gasteiger partial charge in [0.2, 0.25) is 5.91 Å². The average Bonchev–Trinajstić information content (AvgIpc) is 3.30. The summed E-state index contributed by atoms with van der Waals surface area (Å²) >= 11 is 0. The molecule has 3 heterocycles. The number of anilines is 1. The highest BCUT2D eigenvalue weighted by Crippen LogP contribution is 2.38. The van der Waals surface area contributed by atoms with Crippen LogP contribution in [0.1, 0.15) is 81.4 Å². The van der Waals surface area contributed by atoms with Crippen LogP contribution in [0.15, 0.2) is 121 Å². The summed E-state index contributed by atoms with van der Waals surface area (Å²) in [5.74, 6) is -0.236. The molecule has 9 nitrogen and oxygen atoms in total. The van der Waals surface area contributed by atoms with Crippen LogP contribution in [0.4, 0.5) is 5.69 Å². The number of nitrogens with zero attached hydrogens (tertiary/aromatic N) is 4. The Morgan fingerprint density at radius 1 is 0.712 bits per heavy atom. The second-order valence-electron chi connectivity index (χ2n) is 16.4. The molecule has 0 saturated carbocycles. The third-order valence-electron chi connectivity index (χ3n) is 13.1. The van der Waals surface area contributed by atoms with E-state index in [0.29, 0.717) is 13.0 Å². The van der Waals surface area contributed by atoms with E-state index >= 15 is 0 Å². The van der Waals surface area contributed by atoms with Crippen molar-refractivity contribution in [3.05, 3.63) is 138 Å². The zero-order valence-electron chi connectivity index (χ0n) is 35.1. The fraction of sp³-hybridized carbons (Fsp3) is 0.460. The van der Waals surface area contributed by atoms with Crippen molar-refractivity contribution in [3.8, 4) is 6.07 Å². The summed E-state index contributed by atoms with van der Waals surface area (Å²) in [6.45, 7) is 10.6. The molecule has 1 amide bonds. The summed E-state index contributed by atoms with van der Waals surface area (Å²) in [4.78, 5) is 32.6. The second-order valence-corrected chi connectivity index (χ2v) is 16.4. The molecule has 3 saturated heterocycles. The number of nitrogens with one attached hydrogen (secondary N) is 1. The van der Waals surface area contributed by atoms with Gasteiger partial charge in [0.15, 0.2) is 0 Å². The van der Waals surface area contributed by atoms with Crippen LogP contribution in [-0.2, 0) is 25.2 Å². The molecule has 0 spiro atoms. The number of carbonyl (C=O) groups excluding carboxylic acids is 2. The number of piperidine rings is 3. The first-order valence-electron chi connectivity index (χ1n) is 21.9. The SMILES string of the molecule is CCOC(=O)C1(c2ccccc2)CCN(CCCNc2ccccc2)CC1.N#CC(CCN1CCC(C(N)=O)(N2CCCCC2)CC1)(c1ccccc1)c1ccccc1. The molecule has 312 valence electrons. The molecule has 0 unspecified atom stereocenters. The minimum Gasteiger partial charge on any atom is -0.465 e. The Balaban J connectivity index is 0.000000201. The van der Waals surface area contributed by atoms with Crippen LogP contribution in [0.2, 0.25) is 0 Å². The van der Waals surface area contributed by atoms with Gasteiger partial charge in [0.25, 0.3) is 0 Å². The van der Waals surface area contributed by atoms with E-state index in [2.05, 4.69) is 74.6 Å². The van der Waals surface area contributed by atoms with E-state index in [-0.39, 0.29) is 11.9 Å². The lowest BCUT2D eigenvalue weighted by atomic mass is 9.72. The molecule has 0 radical (unpaired) electrons. The number of esters is 1. The molecule has 3 aliphatic heterocycles. The van der Waals surface area contributed by atoms with Crippen LogP contribution in [0.25, 0.3) is 0 Å². The highest BCUT2D eigenvalue weighted by Gasteiger charge is 2.46. The van der Waals surface area contributed by atoms with Crippen LogP contribution >= 0.6 is 0 Å². The first kappa shape index (κ1) is 43.6. The van der Waals surface area contributed by atoms with Gasteiger partial charge in [-0.25, -0.2) is 0 Å². The standard InChI is InChI=1S/C27H34N4O.C23H30N2O2/c28-22-26(23-10-4-1-5-11-23,24-12-6-2-7-13-24)14-19-30-20-15-27(16-21-30,25(29)32)31-17-8-3-9-18-31;1-2-27-22(26)23(20-10-5-3-6-11-20)14-18-25(19-15-23)17-9-16-24-21-12-7-4-8-13-21/h1-2,4-7,10-13H,3,8-9,14-21H2,(H2,29,32);3-8,10-13,24H,2,9,14-19H2,1H3. The number of hydrogen-bond donors (Lipinski definition) is 2. The molecule has 7 rings (SSSR count). The second kappa shape index (κ2) is 21.3. The van der Waals surface area contributed by atoms with Crippen LogP contribution < -0.4 is 11.1 Å². The van der Waals surface area contributed by atoms with E-state index < -0.39 is 16.4 Å².